The van der Waals surface area contributed by atoms with Crippen LogP contribution in [0.2, 0.25) is 0 Å². The van der Waals surface area contributed by atoms with Crippen molar-refractivity contribution in [2.75, 3.05) is 12.4 Å². The van der Waals surface area contributed by atoms with E-state index in [4.69, 9.17) is 5.21 Å². The summed E-state index contributed by atoms with van der Waals surface area (Å²) < 4.78 is 4.58. The van der Waals surface area contributed by atoms with E-state index in [9.17, 15) is 9.59 Å². The highest BCUT2D eigenvalue weighted by molar-refractivity contribution is 5.90. The van der Waals surface area contributed by atoms with Gasteiger partial charge < -0.3 is 20.6 Å². The summed E-state index contributed by atoms with van der Waals surface area (Å²) in [7, 11) is 1.31. The zero-order chi connectivity index (χ0) is 15.7. The van der Waals surface area contributed by atoms with Crippen molar-refractivity contribution >= 4 is 23.9 Å². The third-order valence-corrected chi connectivity index (χ3v) is 2.84. The average molecular weight is 293 g/mol. The van der Waals surface area contributed by atoms with Crippen molar-refractivity contribution in [3.63, 3.8) is 0 Å². The van der Waals surface area contributed by atoms with E-state index in [1.54, 1.807) is 24.3 Å². The van der Waals surface area contributed by atoms with Gasteiger partial charge in [0.2, 0.25) is 0 Å². The number of oxime groups is 1. The third-order valence-electron chi connectivity index (χ3n) is 2.84. The minimum absolute atomic E-state index is 0.131. The van der Waals surface area contributed by atoms with E-state index in [-0.39, 0.29) is 18.4 Å². The Hall–Kier alpha value is -2.57. The maximum Gasteiger partial charge on any atom is 0.319 e. The Labute approximate surface area is 123 Å². The third kappa shape index (κ3) is 5.94. The maximum absolute atomic E-state index is 11.8. The van der Waals surface area contributed by atoms with Crippen molar-refractivity contribution in [3.05, 3.63) is 29.8 Å². The molecule has 1 atom stereocenters. The zero-order valence-corrected chi connectivity index (χ0v) is 12.0. The van der Waals surface area contributed by atoms with Gasteiger partial charge in [-0.05, 0) is 24.1 Å². The van der Waals surface area contributed by atoms with Gasteiger partial charge >= 0.3 is 12.0 Å². The maximum atomic E-state index is 11.8. The van der Waals surface area contributed by atoms with Crippen LogP contribution in [-0.4, -0.2) is 36.6 Å². The predicted octanol–water partition coefficient (Wildman–Crippen LogP) is 1.96. The highest BCUT2D eigenvalue weighted by Gasteiger charge is 2.14. The summed E-state index contributed by atoms with van der Waals surface area (Å²) in [4.78, 5) is 23.0. The lowest BCUT2D eigenvalue weighted by molar-refractivity contribution is -0.141. The second-order valence-corrected chi connectivity index (χ2v) is 4.35. The number of benzene rings is 1. The van der Waals surface area contributed by atoms with Crippen LogP contribution in [0.1, 0.15) is 25.3 Å². The fraction of sp³-hybridized carbons (Fsp3) is 0.357. The van der Waals surface area contributed by atoms with E-state index in [2.05, 4.69) is 20.5 Å². The molecule has 1 unspecified atom stereocenters. The molecule has 0 bridgehead atoms. The van der Waals surface area contributed by atoms with Gasteiger partial charge in [0.1, 0.15) is 0 Å². The molecule has 0 heterocycles. The highest BCUT2D eigenvalue weighted by atomic mass is 16.5. The molecular weight excluding hydrogens is 274 g/mol. The smallest absolute Gasteiger partial charge is 0.319 e. The summed E-state index contributed by atoms with van der Waals surface area (Å²) in [6.45, 7) is 1.87. The van der Waals surface area contributed by atoms with Crippen LogP contribution in [-0.2, 0) is 9.53 Å². The Kier molecular flexibility index (Phi) is 6.73. The van der Waals surface area contributed by atoms with Gasteiger partial charge in [-0.1, -0.05) is 24.2 Å². The van der Waals surface area contributed by atoms with Gasteiger partial charge in [0, 0.05) is 11.7 Å². The normalized spacial score (nSPS) is 11.9. The Morgan fingerprint density at radius 2 is 2.05 bits per heavy atom. The minimum Gasteiger partial charge on any atom is -0.469 e. The van der Waals surface area contributed by atoms with Crippen LogP contribution in [0.5, 0.6) is 0 Å². The molecule has 0 aliphatic carbocycles. The second-order valence-electron chi connectivity index (χ2n) is 4.35. The number of anilines is 1. The highest BCUT2D eigenvalue weighted by Crippen LogP contribution is 2.08. The molecule has 3 N–H and O–H groups in total. The molecule has 0 saturated carbocycles. The second kappa shape index (κ2) is 8.57. The average Bonchev–Trinajstić information content (AvgIpc) is 2.48. The van der Waals surface area contributed by atoms with Crippen molar-refractivity contribution in [1.82, 2.24) is 5.32 Å². The van der Waals surface area contributed by atoms with E-state index >= 15 is 0 Å². The van der Waals surface area contributed by atoms with E-state index in [0.29, 0.717) is 17.7 Å². The molecule has 1 rings (SSSR count). The molecule has 7 nitrogen and oxygen atoms in total. The van der Waals surface area contributed by atoms with Gasteiger partial charge in [0.15, 0.2) is 0 Å². The van der Waals surface area contributed by atoms with Crippen LogP contribution < -0.4 is 10.6 Å². The van der Waals surface area contributed by atoms with Crippen LogP contribution in [0.15, 0.2) is 29.4 Å². The van der Waals surface area contributed by atoms with E-state index < -0.39 is 6.03 Å². The number of nitrogens with one attached hydrogen (secondary N) is 2. The first kappa shape index (κ1) is 16.5. The molecule has 1 aromatic rings. The minimum atomic E-state index is -0.394. The Balaban J connectivity index is 2.53. The number of esters is 1. The molecule has 0 aliphatic rings. The number of ether oxygens (including phenoxy) is 1. The van der Waals surface area contributed by atoms with Gasteiger partial charge in [-0.25, -0.2) is 4.79 Å². The topological polar surface area (TPSA) is 100 Å². The van der Waals surface area contributed by atoms with Gasteiger partial charge in [-0.15, -0.1) is 0 Å². The lowest BCUT2D eigenvalue weighted by atomic mass is 10.1. The van der Waals surface area contributed by atoms with E-state index in [1.165, 1.54) is 13.3 Å². The summed E-state index contributed by atoms with van der Waals surface area (Å²) in [5.74, 6) is -0.366. The lowest BCUT2D eigenvalue weighted by Gasteiger charge is -2.16. The number of methoxy groups -OCH3 is 1. The number of amides is 2. The van der Waals surface area contributed by atoms with Crippen molar-refractivity contribution in [3.8, 4) is 0 Å². The number of nitrogens with zero attached hydrogens (tertiary/aromatic N) is 1. The van der Waals surface area contributed by atoms with E-state index in [0.717, 1.165) is 0 Å². The first-order valence-corrected chi connectivity index (χ1v) is 6.50. The van der Waals surface area contributed by atoms with E-state index in [1.807, 2.05) is 6.92 Å². The Bertz CT molecular complexity index is 499. The van der Waals surface area contributed by atoms with Crippen molar-refractivity contribution in [2.45, 2.75) is 25.8 Å². The SMILES string of the molecule is CCC(CC(=O)OC)NC(=O)Nc1ccc(C=NO)cc1. The van der Waals surface area contributed by atoms with Crippen LogP contribution >= 0.6 is 0 Å². The largest absolute Gasteiger partial charge is 0.469 e. The molecule has 0 spiro atoms. The molecule has 21 heavy (non-hydrogen) atoms. The van der Waals surface area contributed by atoms with Gasteiger partial charge in [0.05, 0.1) is 19.7 Å². The lowest BCUT2D eigenvalue weighted by Crippen LogP contribution is -2.39. The number of carbonyl (C=O) groups is 2. The standard InChI is InChI=1S/C14H19N3O4/c1-3-11(8-13(18)21-2)16-14(19)17-12-6-4-10(5-7-12)9-15-20/h4-7,9,11,20H,3,8H2,1-2H3,(H2,16,17,19). The molecule has 0 aromatic heterocycles. The summed E-state index contributed by atoms with van der Waals surface area (Å²) >= 11 is 0. The number of hydrogen-bond donors (Lipinski definition) is 3. The van der Waals surface area contributed by atoms with Crippen LogP contribution in [0, 0.1) is 0 Å². The van der Waals surface area contributed by atoms with Gasteiger partial charge in [0.25, 0.3) is 0 Å². The van der Waals surface area contributed by atoms with Crippen LogP contribution in [0.25, 0.3) is 0 Å². The molecule has 0 radical (unpaired) electrons. The Morgan fingerprint density at radius 3 is 2.57 bits per heavy atom. The van der Waals surface area contributed by atoms with Crippen LogP contribution in [0.3, 0.4) is 0 Å². The summed E-state index contributed by atoms with van der Waals surface area (Å²) in [6, 6.07) is 6.07. The summed E-state index contributed by atoms with van der Waals surface area (Å²) in [5.41, 5.74) is 1.30. The number of carbonyl (C=O) groups excluding carboxylic acids is 2. The Morgan fingerprint density at radius 1 is 1.38 bits per heavy atom. The fourth-order valence-electron chi connectivity index (χ4n) is 1.65. The monoisotopic (exact) mass is 293 g/mol. The zero-order valence-electron chi connectivity index (χ0n) is 12.0. The number of urea groups is 1. The molecular formula is C14H19N3O4. The molecule has 0 saturated heterocycles. The summed E-state index contributed by atoms with van der Waals surface area (Å²) in [6.07, 6.45) is 2.04. The molecule has 7 heteroatoms. The summed E-state index contributed by atoms with van der Waals surface area (Å²) in [5, 5.41) is 16.7. The van der Waals surface area contributed by atoms with Gasteiger partial charge in [-0.3, -0.25) is 4.79 Å². The number of rotatable bonds is 6. The molecule has 0 aliphatic heterocycles. The molecule has 114 valence electrons. The fourth-order valence-corrected chi connectivity index (χ4v) is 1.65. The van der Waals surface area contributed by atoms with Crippen LogP contribution in [0.4, 0.5) is 10.5 Å². The van der Waals surface area contributed by atoms with Gasteiger partial charge in [-0.2, -0.15) is 0 Å². The number of hydrogen-bond acceptors (Lipinski definition) is 5. The first-order valence-electron chi connectivity index (χ1n) is 6.50. The van der Waals surface area contributed by atoms with Crippen molar-refractivity contribution < 1.29 is 19.5 Å². The molecule has 2 amide bonds. The quantitative estimate of drug-likeness (QED) is 0.323. The molecule has 1 aromatic carbocycles. The van der Waals surface area contributed by atoms with Crippen molar-refractivity contribution in [2.24, 2.45) is 5.16 Å². The predicted molar refractivity (Wildman–Crippen MR) is 78.7 cm³/mol. The van der Waals surface area contributed by atoms with Crippen molar-refractivity contribution in [1.29, 1.82) is 0 Å². The molecule has 0 fully saturated rings. The first-order chi connectivity index (χ1) is 10.1.